The first-order chi connectivity index (χ1) is 25.3. The van der Waals surface area contributed by atoms with Gasteiger partial charge in [-0.3, -0.25) is 9.37 Å². The summed E-state index contributed by atoms with van der Waals surface area (Å²) in [5, 5.41) is 2.16. The fourth-order valence-electron chi connectivity index (χ4n) is 6.35. The van der Waals surface area contributed by atoms with Crippen LogP contribution in [0.25, 0.3) is 61.4 Å². The van der Waals surface area contributed by atoms with E-state index in [4.69, 9.17) is 18.5 Å². The van der Waals surface area contributed by atoms with Crippen molar-refractivity contribution in [2.75, 3.05) is 0 Å². The standard InChI is InChI=1S/C31H28N3O.C13H11FN.Ir/c1-18(2)21-11-8-12-22(19(3)4)28(21)34-30(33-26-16-20(5)17-32-31(26)34)25-14-9-13-24-23-10-6-7-15-27(23)35-29(24)25;1-9-3-5-11(12(14)7-9)13-6-4-10(2)8-15-13;/h6-13,15-19H,1-5H3;3-4,6-8H,1-2H3;/q2*-1;/i;1D3;. The molecule has 51 heavy (non-hydrogen) atoms. The molecule has 0 aliphatic heterocycles. The van der Waals surface area contributed by atoms with Crippen LogP contribution in [-0.2, 0) is 20.1 Å². The minimum Gasteiger partial charge on any atom is -0.501 e. The Labute approximate surface area is 316 Å². The average molecular weight is 854 g/mol. The van der Waals surface area contributed by atoms with Crippen molar-refractivity contribution < 1.29 is 33.0 Å². The first-order valence-corrected chi connectivity index (χ1v) is 16.8. The van der Waals surface area contributed by atoms with E-state index < -0.39 is 12.7 Å². The minimum atomic E-state index is -2.32. The van der Waals surface area contributed by atoms with Crippen LogP contribution in [0.4, 0.5) is 4.39 Å². The van der Waals surface area contributed by atoms with Gasteiger partial charge < -0.3 is 14.0 Å². The molecule has 0 aliphatic rings. The van der Waals surface area contributed by atoms with Crippen molar-refractivity contribution in [3.63, 3.8) is 0 Å². The Morgan fingerprint density at radius 1 is 0.784 bits per heavy atom. The Kier molecular flexibility index (Phi) is 9.22. The van der Waals surface area contributed by atoms with Gasteiger partial charge in [0.15, 0.2) is 5.65 Å². The maximum atomic E-state index is 13.8. The number of rotatable bonds is 5. The summed E-state index contributed by atoms with van der Waals surface area (Å²) in [5.74, 6) is 0.855. The molecule has 4 aromatic carbocycles. The molecule has 1 radical (unpaired) electrons. The molecule has 0 bridgehead atoms. The predicted octanol–water partition coefficient (Wildman–Crippen LogP) is 11.6. The number of aryl methyl sites for hydroxylation is 3. The van der Waals surface area contributed by atoms with Gasteiger partial charge in [-0.05, 0) is 65.8 Å². The van der Waals surface area contributed by atoms with Crippen molar-refractivity contribution in [1.29, 1.82) is 0 Å². The summed E-state index contributed by atoms with van der Waals surface area (Å²) in [5.41, 5.74) is 10.6. The number of nitrogens with zero attached hydrogens (tertiary/aromatic N) is 4. The first kappa shape index (κ1) is 32.0. The molecule has 7 heteroatoms. The van der Waals surface area contributed by atoms with E-state index in [-0.39, 0.29) is 31.2 Å². The quantitative estimate of drug-likeness (QED) is 0.162. The number of benzene rings is 4. The number of imidazole rings is 1. The molecular weight excluding hydrogens is 812 g/mol. The van der Waals surface area contributed by atoms with Gasteiger partial charge in [-0.2, -0.15) is 0 Å². The first-order valence-electron chi connectivity index (χ1n) is 18.3. The maximum Gasteiger partial charge on any atom is 0.155 e. The summed E-state index contributed by atoms with van der Waals surface area (Å²) in [6, 6.07) is 32.8. The Balaban J connectivity index is 0.000000222. The number of hydrogen-bond acceptors (Lipinski definition) is 4. The summed E-state index contributed by atoms with van der Waals surface area (Å²) < 4.78 is 44.1. The van der Waals surface area contributed by atoms with Crippen molar-refractivity contribution in [1.82, 2.24) is 19.5 Å². The normalized spacial score (nSPS) is 12.5. The molecule has 0 fully saturated rings. The van der Waals surface area contributed by atoms with Gasteiger partial charge in [-0.15, -0.1) is 42.0 Å². The second-order valence-electron chi connectivity index (χ2n) is 13.2. The van der Waals surface area contributed by atoms with Crippen molar-refractivity contribution >= 4 is 33.1 Å². The van der Waals surface area contributed by atoms with E-state index in [0.717, 1.165) is 67.4 Å². The monoisotopic (exact) mass is 854 g/mol. The SMILES string of the molecule is Cc1cnc2c(c1)nc(-c1[c-]ccc3c1oc1ccccc13)n2-c1c(C(C)C)cccc1C(C)C.[2H]C([2H])([2H])c1c[c-]c(-c2ccc(C)cn2)c(F)c1.[Ir]. The van der Waals surface area contributed by atoms with Crippen LogP contribution in [0, 0.1) is 38.6 Å². The summed E-state index contributed by atoms with van der Waals surface area (Å²) in [4.78, 5) is 14.1. The minimum absolute atomic E-state index is 0. The maximum absolute atomic E-state index is 13.8. The van der Waals surface area contributed by atoms with Crippen molar-refractivity contribution in [2.24, 2.45) is 0 Å². The van der Waals surface area contributed by atoms with Crippen LogP contribution in [0.2, 0.25) is 0 Å². The van der Waals surface area contributed by atoms with Crippen molar-refractivity contribution in [3.8, 4) is 28.3 Å². The fourth-order valence-corrected chi connectivity index (χ4v) is 6.35. The van der Waals surface area contributed by atoms with E-state index in [0.29, 0.717) is 17.5 Å². The fraction of sp³-hybridized carbons (Fsp3) is 0.205. The smallest absolute Gasteiger partial charge is 0.155 e. The van der Waals surface area contributed by atoms with Crippen LogP contribution in [0.15, 0.2) is 102 Å². The molecule has 259 valence electrons. The third kappa shape index (κ3) is 6.89. The van der Waals surface area contributed by atoms with E-state index in [2.05, 4.69) is 92.7 Å². The molecule has 5 nitrogen and oxygen atoms in total. The number of furan rings is 1. The molecule has 8 aromatic rings. The van der Waals surface area contributed by atoms with Crippen LogP contribution in [0.1, 0.15) is 71.5 Å². The summed E-state index contributed by atoms with van der Waals surface area (Å²) in [7, 11) is 0. The number of para-hydroxylation sites is 2. The summed E-state index contributed by atoms with van der Waals surface area (Å²) in [6.45, 7) is 10.6. The molecule has 8 rings (SSSR count). The van der Waals surface area contributed by atoms with E-state index in [1.807, 2.05) is 43.5 Å². The van der Waals surface area contributed by atoms with E-state index in [9.17, 15) is 4.39 Å². The van der Waals surface area contributed by atoms with Gasteiger partial charge in [-0.1, -0.05) is 99.6 Å². The molecule has 0 unspecified atom stereocenters. The second kappa shape index (κ2) is 14.7. The Morgan fingerprint density at radius 2 is 1.53 bits per heavy atom. The Morgan fingerprint density at radius 3 is 2.22 bits per heavy atom. The molecule has 0 aliphatic carbocycles. The second-order valence-corrected chi connectivity index (χ2v) is 13.2. The van der Waals surface area contributed by atoms with Gasteiger partial charge in [0.05, 0.1) is 16.9 Å². The number of halogens is 1. The molecule has 4 heterocycles. The molecule has 0 saturated carbocycles. The zero-order chi connectivity index (χ0) is 37.6. The van der Waals surface area contributed by atoms with Crippen LogP contribution >= 0.6 is 0 Å². The van der Waals surface area contributed by atoms with E-state index in [1.165, 1.54) is 17.2 Å². The average Bonchev–Trinajstić information content (AvgIpc) is 3.69. The van der Waals surface area contributed by atoms with E-state index >= 15 is 0 Å². The Bertz CT molecular complexity index is 2580. The van der Waals surface area contributed by atoms with E-state index in [1.54, 1.807) is 12.3 Å². The number of fused-ring (bicyclic) bond motifs is 4. The van der Waals surface area contributed by atoms with Crippen LogP contribution in [0.5, 0.6) is 0 Å². The topological polar surface area (TPSA) is 56.7 Å². The molecule has 0 saturated heterocycles. The van der Waals surface area contributed by atoms with Gasteiger partial charge in [0.25, 0.3) is 0 Å². The third-order valence-corrected chi connectivity index (χ3v) is 8.82. The largest absolute Gasteiger partial charge is 0.501 e. The van der Waals surface area contributed by atoms with Gasteiger partial charge in [-0.25, -0.2) is 4.98 Å². The number of hydrogen-bond donors (Lipinski definition) is 0. The van der Waals surface area contributed by atoms with Crippen molar-refractivity contribution in [2.45, 2.75) is 60.2 Å². The molecule has 0 amide bonds. The molecule has 0 N–H and O–H groups in total. The van der Waals surface area contributed by atoms with Crippen molar-refractivity contribution in [3.05, 3.63) is 143 Å². The predicted molar refractivity (Wildman–Crippen MR) is 201 cm³/mol. The molecule has 0 spiro atoms. The number of pyridine rings is 2. The zero-order valence-corrected chi connectivity index (χ0v) is 31.7. The molecular formula is C44H39FIrN4O-2. The summed E-state index contributed by atoms with van der Waals surface area (Å²) in [6.07, 6.45) is 3.54. The summed E-state index contributed by atoms with van der Waals surface area (Å²) >= 11 is 0. The van der Waals surface area contributed by atoms with Crippen LogP contribution < -0.4 is 0 Å². The van der Waals surface area contributed by atoms with Gasteiger partial charge in [0.1, 0.15) is 5.58 Å². The number of aromatic nitrogens is 4. The zero-order valence-electron chi connectivity index (χ0n) is 32.3. The third-order valence-electron chi connectivity index (χ3n) is 8.82. The van der Waals surface area contributed by atoms with Crippen LogP contribution in [0.3, 0.4) is 0 Å². The molecule has 4 aromatic heterocycles. The Hall–Kier alpha value is -4.97. The molecule has 0 atom stereocenters. The van der Waals surface area contributed by atoms with Gasteiger partial charge >= 0.3 is 0 Å². The van der Waals surface area contributed by atoms with Gasteiger partial charge in [0, 0.05) is 53.5 Å². The van der Waals surface area contributed by atoms with Crippen LogP contribution in [-0.4, -0.2) is 19.5 Å². The van der Waals surface area contributed by atoms with Gasteiger partial charge in [0.2, 0.25) is 0 Å².